The number of nitrogens with one attached hydrogen (secondary N) is 1. The van der Waals surface area contributed by atoms with Crippen molar-refractivity contribution in [2.24, 2.45) is 0 Å². The average molecular weight is 239 g/mol. The number of anilines is 1. The van der Waals surface area contributed by atoms with Crippen LogP contribution in [-0.4, -0.2) is 25.0 Å². The Kier molecular flexibility index (Phi) is 3.65. The van der Waals surface area contributed by atoms with E-state index in [-0.39, 0.29) is 17.3 Å². The van der Waals surface area contributed by atoms with E-state index in [9.17, 15) is 12.8 Å². The van der Waals surface area contributed by atoms with Crippen molar-refractivity contribution in [3.63, 3.8) is 0 Å². The second-order valence-electron chi connectivity index (χ2n) is 2.48. The van der Waals surface area contributed by atoms with Crippen LogP contribution in [0.2, 0.25) is 0 Å². The SMILES string of the molecule is O=S(=O)(CCCl)Nc1ccc(F)nc1. The van der Waals surface area contributed by atoms with Crippen molar-refractivity contribution in [2.75, 3.05) is 16.4 Å². The van der Waals surface area contributed by atoms with Gasteiger partial charge in [0, 0.05) is 5.88 Å². The van der Waals surface area contributed by atoms with E-state index in [4.69, 9.17) is 11.6 Å². The zero-order valence-corrected chi connectivity index (χ0v) is 8.65. The molecule has 1 N–H and O–H groups in total. The summed E-state index contributed by atoms with van der Waals surface area (Å²) in [5, 5.41) is 0. The number of pyridine rings is 1. The highest BCUT2D eigenvalue weighted by molar-refractivity contribution is 7.92. The van der Waals surface area contributed by atoms with Crippen LogP contribution in [0, 0.1) is 5.95 Å². The molecule has 0 bridgehead atoms. The largest absolute Gasteiger partial charge is 0.282 e. The summed E-state index contributed by atoms with van der Waals surface area (Å²) in [7, 11) is -3.44. The molecule has 1 aromatic heterocycles. The number of hydrogen-bond donors (Lipinski definition) is 1. The summed E-state index contributed by atoms with van der Waals surface area (Å²) in [6.45, 7) is 0. The predicted molar refractivity (Wildman–Crippen MR) is 52.3 cm³/mol. The summed E-state index contributed by atoms with van der Waals surface area (Å²) in [6.07, 6.45) is 1.10. The zero-order chi connectivity index (χ0) is 10.6. The molecule has 0 spiro atoms. The quantitative estimate of drug-likeness (QED) is 0.634. The lowest BCUT2D eigenvalue weighted by Crippen LogP contribution is -2.17. The molecule has 0 unspecified atom stereocenters. The van der Waals surface area contributed by atoms with Gasteiger partial charge >= 0.3 is 0 Å². The first-order valence-corrected chi connectivity index (χ1v) is 5.90. The first-order chi connectivity index (χ1) is 6.53. The second kappa shape index (κ2) is 4.56. The molecule has 1 rings (SSSR count). The van der Waals surface area contributed by atoms with E-state index >= 15 is 0 Å². The minimum absolute atomic E-state index is 0.00393. The van der Waals surface area contributed by atoms with Crippen molar-refractivity contribution < 1.29 is 12.8 Å². The van der Waals surface area contributed by atoms with Crippen LogP contribution in [-0.2, 0) is 10.0 Å². The maximum Gasteiger partial charge on any atom is 0.233 e. The van der Waals surface area contributed by atoms with Gasteiger partial charge in [-0.25, -0.2) is 13.4 Å². The normalized spacial score (nSPS) is 11.3. The molecule has 4 nitrogen and oxygen atoms in total. The fourth-order valence-corrected chi connectivity index (χ4v) is 2.16. The van der Waals surface area contributed by atoms with Crippen LogP contribution < -0.4 is 4.72 Å². The minimum atomic E-state index is -3.44. The maximum absolute atomic E-state index is 12.4. The molecule has 0 amide bonds. The van der Waals surface area contributed by atoms with Crippen LogP contribution in [0.25, 0.3) is 0 Å². The Labute approximate surface area is 86.2 Å². The van der Waals surface area contributed by atoms with Crippen molar-refractivity contribution in [1.29, 1.82) is 0 Å². The van der Waals surface area contributed by atoms with Crippen LogP contribution in [0.15, 0.2) is 18.3 Å². The molecule has 0 atom stereocenters. The minimum Gasteiger partial charge on any atom is -0.282 e. The Balaban J connectivity index is 2.74. The monoisotopic (exact) mass is 238 g/mol. The van der Waals surface area contributed by atoms with Gasteiger partial charge in [-0.05, 0) is 12.1 Å². The van der Waals surface area contributed by atoms with E-state index < -0.39 is 16.0 Å². The Morgan fingerprint density at radius 3 is 2.71 bits per heavy atom. The fourth-order valence-electron chi connectivity index (χ4n) is 0.768. The molecule has 1 heterocycles. The van der Waals surface area contributed by atoms with E-state index in [2.05, 4.69) is 9.71 Å². The van der Waals surface area contributed by atoms with Crippen LogP contribution >= 0.6 is 11.6 Å². The van der Waals surface area contributed by atoms with Gasteiger partial charge < -0.3 is 0 Å². The van der Waals surface area contributed by atoms with Gasteiger partial charge in [0.15, 0.2) is 0 Å². The fraction of sp³-hybridized carbons (Fsp3) is 0.286. The number of halogens is 2. The molecule has 0 fully saturated rings. The van der Waals surface area contributed by atoms with Gasteiger partial charge in [0.05, 0.1) is 17.6 Å². The molecule has 0 aromatic carbocycles. The third-order valence-electron chi connectivity index (χ3n) is 1.35. The Morgan fingerprint density at radius 1 is 1.50 bits per heavy atom. The van der Waals surface area contributed by atoms with Crippen LogP contribution in [0.5, 0.6) is 0 Å². The molecular formula is C7H8ClFN2O2S. The summed E-state index contributed by atoms with van der Waals surface area (Å²) >= 11 is 5.28. The van der Waals surface area contributed by atoms with Gasteiger partial charge in [0.2, 0.25) is 16.0 Å². The molecule has 0 aliphatic carbocycles. The third-order valence-corrected chi connectivity index (χ3v) is 3.05. The van der Waals surface area contributed by atoms with E-state index in [1.807, 2.05) is 0 Å². The Hall–Kier alpha value is -0.880. The van der Waals surface area contributed by atoms with Crippen molar-refractivity contribution in [3.8, 4) is 0 Å². The van der Waals surface area contributed by atoms with Crippen molar-refractivity contribution >= 4 is 27.3 Å². The number of rotatable bonds is 4. The molecule has 0 aliphatic heterocycles. The topological polar surface area (TPSA) is 59.1 Å². The van der Waals surface area contributed by atoms with E-state index in [1.54, 1.807) is 0 Å². The molecule has 0 saturated heterocycles. The molecular weight excluding hydrogens is 231 g/mol. The zero-order valence-electron chi connectivity index (χ0n) is 7.07. The highest BCUT2D eigenvalue weighted by Gasteiger charge is 2.08. The van der Waals surface area contributed by atoms with Crippen molar-refractivity contribution in [2.45, 2.75) is 0 Å². The first kappa shape index (κ1) is 11.2. The van der Waals surface area contributed by atoms with Gasteiger partial charge in [-0.3, -0.25) is 4.72 Å². The smallest absolute Gasteiger partial charge is 0.233 e. The molecule has 0 saturated carbocycles. The predicted octanol–water partition coefficient (Wildman–Crippen LogP) is 1.20. The van der Waals surface area contributed by atoms with Gasteiger partial charge in [0.25, 0.3) is 0 Å². The average Bonchev–Trinajstić information content (AvgIpc) is 2.08. The van der Waals surface area contributed by atoms with Gasteiger partial charge in [-0.1, -0.05) is 0 Å². The highest BCUT2D eigenvalue weighted by Crippen LogP contribution is 2.07. The third kappa shape index (κ3) is 3.47. The lowest BCUT2D eigenvalue weighted by atomic mass is 10.4. The summed E-state index contributed by atoms with van der Waals surface area (Å²) in [6, 6.07) is 2.35. The van der Waals surface area contributed by atoms with Crippen molar-refractivity contribution in [1.82, 2.24) is 4.98 Å². The maximum atomic E-state index is 12.4. The molecule has 78 valence electrons. The van der Waals surface area contributed by atoms with E-state index in [0.29, 0.717) is 0 Å². The first-order valence-electron chi connectivity index (χ1n) is 3.71. The molecule has 1 aromatic rings. The van der Waals surface area contributed by atoms with E-state index in [1.165, 1.54) is 6.07 Å². The van der Waals surface area contributed by atoms with E-state index in [0.717, 1.165) is 12.3 Å². The second-order valence-corrected chi connectivity index (χ2v) is 4.70. The standard InChI is InChI=1S/C7H8ClFN2O2S/c8-3-4-14(12,13)11-6-1-2-7(9)10-5-6/h1-2,5,11H,3-4H2. The van der Waals surface area contributed by atoms with Gasteiger partial charge in [0.1, 0.15) is 0 Å². The van der Waals surface area contributed by atoms with Crippen molar-refractivity contribution in [3.05, 3.63) is 24.3 Å². The lowest BCUT2D eigenvalue weighted by molar-refractivity contribution is 0.583. The Morgan fingerprint density at radius 2 is 2.21 bits per heavy atom. The summed E-state index contributed by atoms with van der Waals surface area (Å²) in [5.74, 6) is -0.846. The number of sulfonamides is 1. The van der Waals surface area contributed by atoms with Crippen LogP contribution in [0.4, 0.5) is 10.1 Å². The molecule has 7 heteroatoms. The number of nitrogens with zero attached hydrogens (tertiary/aromatic N) is 1. The molecule has 14 heavy (non-hydrogen) atoms. The summed E-state index contributed by atoms with van der Waals surface area (Å²) in [5.41, 5.74) is 0.219. The summed E-state index contributed by atoms with van der Waals surface area (Å²) < 4.78 is 36.9. The van der Waals surface area contributed by atoms with Crippen LogP contribution in [0.1, 0.15) is 0 Å². The summed E-state index contributed by atoms with van der Waals surface area (Å²) in [4.78, 5) is 3.30. The number of aromatic nitrogens is 1. The van der Waals surface area contributed by atoms with Gasteiger partial charge in [-0.2, -0.15) is 4.39 Å². The Bertz CT molecular complexity index is 393. The number of hydrogen-bond acceptors (Lipinski definition) is 3. The lowest BCUT2D eigenvalue weighted by Gasteiger charge is -2.05. The molecule has 0 aliphatic rings. The van der Waals surface area contributed by atoms with Gasteiger partial charge in [-0.15, -0.1) is 11.6 Å². The molecule has 0 radical (unpaired) electrons. The van der Waals surface area contributed by atoms with Crippen LogP contribution in [0.3, 0.4) is 0 Å². The highest BCUT2D eigenvalue weighted by atomic mass is 35.5. The number of alkyl halides is 1.